The van der Waals surface area contributed by atoms with Gasteiger partial charge in [-0.25, -0.2) is 14.8 Å². The lowest BCUT2D eigenvalue weighted by molar-refractivity contribution is -0.141. The van der Waals surface area contributed by atoms with Gasteiger partial charge in [-0.1, -0.05) is 18.2 Å². The molecule has 4 aromatic rings. The van der Waals surface area contributed by atoms with Gasteiger partial charge in [0.25, 0.3) is 5.91 Å². The second-order valence-corrected chi connectivity index (χ2v) is 12.3. The Balaban J connectivity index is 1.15. The first-order valence-electron chi connectivity index (χ1n) is 15.2. The number of anilines is 2. The van der Waals surface area contributed by atoms with E-state index in [1.54, 1.807) is 11.0 Å². The van der Waals surface area contributed by atoms with Gasteiger partial charge in [-0.15, -0.1) is 0 Å². The van der Waals surface area contributed by atoms with E-state index in [9.17, 15) is 32.7 Å². The summed E-state index contributed by atoms with van der Waals surface area (Å²) in [7, 11) is 0. The van der Waals surface area contributed by atoms with Gasteiger partial charge in [0.2, 0.25) is 5.91 Å². The predicted molar refractivity (Wildman–Crippen MR) is 166 cm³/mol. The summed E-state index contributed by atoms with van der Waals surface area (Å²) in [5.41, 5.74) is 0.0773. The molecule has 0 aliphatic carbocycles. The number of nitrogens with one attached hydrogen (secondary N) is 2. The van der Waals surface area contributed by atoms with Crippen molar-refractivity contribution < 1.29 is 37.1 Å². The second kappa shape index (κ2) is 12.4. The number of alkyl halides is 3. The summed E-state index contributed by atoms with van der Waals surface area (Å²) >= 11 is 0. The van der Waals surface area contributed by atoms with Crippen LogP contribution in [0.2, 0.25) is 0 Å². The maximum absolute atomic E-state index is 13.2. The van der Waals surface area contributed by atoms with Crippen molar-refractivity contribution >= 4 is 40.3 Å². The molecule has 14 heteroatoms. The van der Waals surface area contributed by atoms with Gasteiger partial charge in [-0.3, -0.25) is 24.7 Å². The first kappa shape index (κ1) is 32.1. The molecule has 0 atom stereocenters. The van der Waals surface area contributed by atoms with E-state index in [0.717, 1.165) is 49.3 Å². The third-order valence-corrected chi connectivity index (χ3v) is 8.34. The van der Waals surface area contributed by atoms with Crippen molar-refractivity contribution in [2.75, 3.05) is 29.9 Å². The Bertz CT molecular complexity index is 1840. The standard InChI is InChI=1S/C33H33F3N6O5/c1-32(2,46)22-16-25-26(17-24(22)38-29(44)23-7-4-8-27(37-23)33(34,35)36)47-30(39-25)20-9-12-41(13-10-20)18-19-5-3-6-21(15-19)42-14-11-28(43)40-31(42)45/h3-8,15-17,20,46H,9-14,18H2,1-2H3,(H,38,44)(H,40,43,45). The highest BCUT2D eigenvalue weighted by Gasteiger charge is 2.33. The molecule has 2 saturated heterocycles. The Morgan fingerprint density at radius 1 is 1.04 bits per heavy atom. The van der Waals surface area contributed by atoms with Crippen molar-refractivity contribution in [1.82, 2.24) is 20.2 Å². The van der Waals surface area contributed by atoms with Crippen molar-refractivity contribution in [2.45, 2.75) is 57.3 Å². The van der Waals surface area contributed by atoms with Crippen LogP contribution in [0.5, 0.6) is 0 Å². The van der Waals surface area contributed by atoms with Crippen LogP contribution in [0, 0.1) is 0 Å². The van der Waals surface area contributed by atoms with E-state index in [1.807, 2.05) is 24.3 Å². The summed E-state index contributed by atoms with van der Waals surface area (Å²) < 4.78 is 45.6. The molecule has 2 aromatic heterocycles. The highest BCUT2D eigenvalue weighted by Crippen LogP contribution is 2.36. The zero-order valence-corrected chi connectivity index (χ0v) is 25.7. The molecule has 0 unspecified atom stereocenters. The minimum absolute atomic E-state index is 0.0255. The number of hydrogen-bond donors (Lipinski definition) is 3. The number of carbonyl (C=O) groups is 3. The fraction of sp³-hybridized carbons (Fsp3) is 0.364. The maximum Gasteiger partial charge on any atom is 0.433 e. The molecule has 4 amide bonds. The zero-order valence-electron chi connectivity index (χ0n) is 25.7. The summed E-state index contributed by atoms with van der Waals surface area (Å²) in [5, 5.41) is 15.8. The summed E-state index contributed by atoms with van der Waals surface area (Å²) in [4.78, 5) is 48.8. The average Bonchev–Trinajstić information content (AvgIpc) is 3.43. The van der Waals surface area contributed by atoms with Crippen LogP contribution in [0.15, 0.2) is 59.0 Å². The number of pyridine rings is 1. The lowest BCUT2D eigenvalue weighted by Gasteiger charge is -2.31. The molecule has 4 heterocycles. The first-order valence-corrected chi connectivity index (χ1v) is 15.2. The number of oxazole rings is 1. The van der Waals surface area contributed by atoms with Crippen LogP contribution >= 0.6 is 0 Å². The number of likely N-dealkylation sites (tertiary alicyclic amines) is 1. The molecule has 3 N–H and O–H groups in total. The van der Waals surface area contributed by atoms with E-state index in [0.29, 0.717) is 35.6 Å². The number of piperidine rings is 1. The Labute approximate surface area is 267 Å². The van der Waals surface area contributed by atoms with Crippen molar-refractivity contribution in [3.8, 4) is 0 Å². The maximum atomic E-state index is 13.2. The average molecular weight is 651 g/mol. The predicted octanol–water partition coefficient (Wildman–Crippen LogP) is 5.55. The number of nitrogens with zero attached hydrogens (tertiary/aromatic N) is 4. The number of carbonyl (C=O) groups excluding carboxylic acids is 3. The summed E-state index contributed by atoms with van der Waals surface area (Å²) in [6.07, 6.45) is -2.91. The van der Waals surface area contributed by atoms with Gasteiger partial charge >= 0.3 is 12.2 Å². The Kier molecular flexibility index (Phi) is 8.49. The fourth-order valence-electron chi connectivity index (χ4n) is 5.91. The van der Waals surface area contributed by atoms with E-state index in [2.05, 4.69) is 20.5 Å². The van der Waals surface area contributed by atoms with Gasteiger partial charge in [0.15, 0.2) is 11.5 Å². The van der Waals surface area contributed by atoms with E-state index in [1.165, 1.54) is 26.0 Å². The van der Waals surface area contributed by atoms with E-state index in [-0.39, 0.29) is 23.9 Å². The molecule has 6 rings (SSSR count). The first-order chi connectivity index (χ1) is 22.2. The molecular formula is C33H33F3N6O5. The van der Waals surface area contributed by atoms with Gasteiger partial charge in [-0.05, 0) is 75.7 Å². The van der Waals surface area contributed by atoms with Crippen molar-refractivity contribution in [1.29, 1.82) is 0 Å². The van der Waals surface area contributed by atoms with E-state index in [4.69, 9.17) is 9.40 Å². The molecule has 0 radical (unpaired) electrons. The zero-order chi connectivity index (χ0) is 33.5. The molecular weight excluding hydrogens is 617 g/mol. The smallest absolute Gasteiger partial charge is 0.433 e. The minimum Gasteiger partial charge on any atom is -0.440 e. The van der Waals surface area contributed by atoms with E-state index < -0.39 is 35.1 Å². The number of aromatic nitrogens is 2. The van der Waals surface area contributed by atoms with Gasteiger partial charge in [0.1, 0.15) is 16.9 Å². The molecule has 0 saturated carbocycles. The molecule has 11 nitrogen and oxygen atoms in total. The number of fused-ring (bicyclic) bond motifs is 1. The van der Waals surface area contributed by atoms with Gasteiger partial charge in [0, 0.05) is 42.7 Å². The van der Waals surface area contributed by atoms with E-state index >= 15 is 0 Å². The molecule has 2 fully saturated rings. The molecule has 0 bridgehead atoms. The summed E-state index contributed by atoms with van der Waals surface area (Å²) in [6, 6.07) is 13.5. The molecule has 0 spiro atoms. The molecule has 2 aromatic carbocycles. The second-order valence-electron chi connectivity index (χ2n) is 12.3. The topological polar surface area (TPSA) is 141 Å². The van der Waals surface area contributed by atoms with Crippen molar-refractivity contribution in [2.24, 2.45) is 0 Å². The Hall–Kier alpha value is -4.82. The van der Waals surface area contributed by atoms with Crippen LogP contribution < -0.4 is 15.5 Å². The third kappa shape index (κ3) is 7.13. The molecule has 2 aliphatic rings. The highest BCUT2D eigenvalue weighted by molar-refractivity contribution is 6.06. The normalized spacial score (nSPS) is 16.9. The van der Waals surface area contributed by atoms with Crippen molar-refractivity contribution in [3.63, 3.8) is 0 Å². The van der Waals surface area contributed by atoms with Gasteiger partial charge < -0.3 is 14.8 Å². The highest BCUT2D eigenvalue weighted by atomic mass is 19.4. The number of benzene rings is 2. The SMILES string of the molecule is CC(C)(O)c1cc2nc(C3CCN(Cc4cccc(N5CCC(=O)NC5=O)c4)CC3)oc2cc1NC(=O)c1cccc(C(F)(F)F)n1. The largest absolute Gasteiger partial charge is 0.440 e. The summed E-state index contributed by atoms with van der Waals surface area (Å²) in [6.45, 7) is 5.62. The number of amides is 4. The lowest BCUT2D eigenvalue weighted by Crippen LogP contribution is -2.49. The van der Waals surface area contributed by atoms with Crippen LogP contribution in [0.1, 0.15) is 72.2 Å². The Morgan fingerprint density at radius 3 is 2.49 bits per heavy atom. The van der Waals surface area contributed by atoms with Gasteiger partial charge in [0.05, 0.1) is 11.3 Å². The summed E-state index contributed by atoms with van der Waals surface area (Å²) in [5.74, 6) is -0.594. The monoisotopic (exact) mass is 650 g/mol. The number of aliphatic hydroxyl groups is 1. The number of halogens is 3. The minimum atomic E-state index is -4.71. The molecule has 2 aliphatic heterocycles. The quantitative estimate of drug-likeness (QED) is 0.237. The number of imide groups is 1. The van der Waals surface area contributed by atoms with Crippen LogP contribution in [0.4, 0.5) is 29.3 Å². The fourth-order valence-corrected chi connectivity index (χ4v) is 5.91. The third-order valence-electron chi connectivity index (χ3n) is 8.34. The van der Waals surface area contributed by atoms with Crippen LogP contribution in [0.25, 0.3) is 11.1 Å². The number of rotatable bonds is 7. The molecule has 47 heavy (non-hydrogen) atoms. The number of urea groups is 1. The van der Waals surface area contributed by atoms with Crippen molar-refractivity contribution in [3.05, 3.63) is 83.0 Å². The molecule has 246 valence electrons. The van der Waals surface area contributed by atoms with Crippen LogP contribution in [-0.2, 0) is 23.1 Å². The Morgan fingerprint density at radius 2 is 1.79 bits per heavy atom. The van der Waals surface area contributed by atoms with Crippen LogP contribution in [0.3, 0.4) is 0 Å². The number of hydrogen-bond acceptors (Lipinski definition) is 8. The van der Waals surface area contributed by atoms with Gasteiger partial charge in [-0.2, -0.15) is 13.2 Å². The van der Waals surface area contributed by atoms with Crippen LogP contribution in [-0.4, -0.2) is 57.5 Å². The lowest BCUT2D eigenvalue weighted by atomic mass is 9.95.